The van der Waals surface area contributed by atoms with E-state index in [1.54, 1.807) is 12.1 Å². The number of urea groups is 1. The summed E-state index contributed by atoms with van der Waals surface area (Å²) in [5, 5.41) is 2.83. The number of aromatic nitrogens is 1. The molecule has 0 unspecified atom stereocenters. The van der Waals surface area contributed by atoms with Gasteiger partial charge in [-0.2, -0.15) is 0 Å². The molecule has 2 aliphatic rings. The maximum absolute atomic E-state index is 13.3. The Morgan fingerprint density at radius 3 is 2.66 bits per heavy atom. The fourth-order valence-electron chi connectivity index (χ4n) is 4.60. The number of aryl methyl sites for hydroxylation is 1. The maximum Gasteiger partial charge on any atom is 0.325 e. The van der Waals surface area contributed by atoms with Crippen molar-refractivity contribution in [3.63, 3.8) is 0 Å². The highest BCUT2D eigenvalue weighted by Gasteiger charge is 2.55. The van der Waals surface area contributed by atoms with Crippen LogP contribution in [0.2, 0.25) is 0 Å². The first-order chi connectivity index (χ1) is 13.8. The molecule has 7 heteroatoms. The molecule has 3 amide bonds. The largest absolute Gasteiger partial charge is 0.493 e. The number of hydrogen-bond acceptors (Lipinski definition) is 4. The number of ketones is 1. The summed E-state index contributed by atoms with van der Waals surface area (Å²) < 4.78 is 7.72. The molecule has 0 saturated carbocycles. The summed E-state index contributed by atoms with van der Waals surface area (Å²) in [6.07, 6.45) is 0.334. The predicted octanol–water partition coefficient (Wildman–Crippen LogP) is 3.10. The van der Waals surface area contributed by atoms with Gasteiger partial charge in [-0.3, -0.25) is 14.5 Å². The lowest BCUT2D eigenvalue weighted by molar-refractivity contribution is -0.132. The number of ether oxygens (including phenoxy) is 1. The van der Waals surface area contributed by atoms with E-state index in [2.05, 4.69) is 23.7 Å². The molecule has 2 aliphatic heterocycles. The van der Waals surface area contributed by atoms with E-state index >= 15 is 0 Å². The Hall–Kier alpha value is -3.09. The van der Waals surface area contributed by atoms with Crippen LogP contribution in [0.5, 0.6) is 5.75 Å². The molecule has 1 spiro atoms. The highest BCUT2D eigenvalue weighted by Crippen LogP contribution is 2.41. The second-order valence-electron chi connectivity index (χ2n) is 7.99. The number of fused-ring (bicyclic) bond motifs is 2. The maximum atomic E-state index is 13.3. The Labute approximate surface area is 169 Å². The van der Waals surface area contributed by atoms with Gasteiger partial charge in [0, 0.05) is 35.0 Å². The van der Waals surface area contributed by atoms with Gasteiger partial charge in [0.15, 0.2) is 11.3 Å². The van der Waals surface area contributed by atoms with E-state index in [0.29, 0.717) is 29.9 Å². The number of para-hydroxylation sites is 1. The fourth-order valence-corrected chi connectivity index (χ4v) is 4.60. The first kappa shape index (κ1) is 19.2. The SMILES string of the molecule is Cc1cc(C(=O)CN2C(=O)N[C@@]3(CCOc4ccccc43)C2=O)c(C)n1C(C)C. The third kappa shape index (κ3) is 2.84. The number of carbonyl (C=O) groups excluding carboxylic acids is 3. The zero-order chi connectivity index (χ0) is 20.9. The van der Waals surface area contributed by atoms with Gasteiger partial charge in [0.05, 0.1) is 13.2 Å². The van der Waals surface area contributed by atoms with Crippen LogP contribution in [0.4, 0.5) is 4.79 Å². The standard InChI is InChI=1S/C22H25N3O4/c1-13(2)25-14(3)11-16(15(25)4)18(26)12-24-20(27)22(23-21(24)28)9-10-29-19-8-6-5-7-17(19)22/h5-8,11,13H,9-10,12H2,1-4H3,(H,23,28)/t22-/m1/s1. The number of hydrogen-bond donors (Lipinski definition) is 1. The smallest absolute Gasteiger partial charge is 0.325 e. The summed E-state index contributed by atoms with van der Waals surface area (Å²) >= 11 is 0. The van der Waals surface area contributed by atoms with Crippen LogP contribution in [0.1, 0.15) is 53.6 Å². The minimum Gasteiger partial charge on any atom is -0.493 e. The molecule has 2 aromatic rings. The number of nitrogens with one attached hydrogen (secondary N) is 1. The van der Waals surface area contributed by atoms with Crippen molar-refractivity contribution >= 4 is 17.7 Å². The van der Waals surface area contributed by atoms with Crippen LogP contribution in [0.25, 0.3) is 0 Å². The molecule has 29 heavy (non-hydrogen) atoms. The Morgan fingerprint density at radius 2 is 1.97 bits per heavy atom. The number of benzene rings is 1. The van der Waals surface area contributed by atoms with Crippen LogP contribution >= 0.6 is 0 Å². The third-order valence-electron chi connectivity index (χ3n) is 5.86. The lowest BCUT2D eigenvalue weighted by Crippen LogP contribution is -2.47. The monoisotopic (exact) mass is 395 g/mol. The van der Waals surface area contributed by atoms with Crippen molar-refractivity contribution in [2.24, 2.45) is 0 Å². The summed E-state index contributed by atoms with van der Waals surface area (Å²) in [7, 11) is 0. The molecule has 1 aromatic heterocycles. The van der Waals surface area contributed by atoms with Gasteiger partial charge in [-0.1, -0.05) is 18.2 Å². The average Bonchev–Trinajstić information content (AvgIpc) is 3.10. The van der Waals surface area contributed by atoms with Crippen molar-refractivity contribution in [2.75, 3.05) is 13.2 Å². The van der Waals surface area contributed by atoms with Crippen molar-refractivity contribution < 1.29 is 19.1 Å². The number of Topliss-reactive ketones (excluding diaryl/α,β-unsaturated/α-hetero) is 1. The first-order valence-electron chi connectivity index (χ1n) is 9.84. The van der Waals surface area contributed by atoms with Crippen molar-refractivity contribution in [1.82, 2.24) is 14.8 Å². The molecule has 152 valence electrons. The van der Waals surface area contributed by atoms with E-state index in [1.165, 1.54) is 0 Å². The molecular formula is C22H25N3O4. The average molecular weight is 395 g/mol. The van der Waals surface area contributed by atoms with E-state index in [0.717, 1.165) is 16.3 Å². The van der Waals surface area contributed by atoms with Crippen molar-refractivity contribution in [3.05, 3.63) is 52.8 Å². The van der Waals surface area contributed by atoms with Crippen LogP contribution in [0, 0.1) is 13.8 Å². The second-order valence-corrected chi connectivity index (χ2v) is 7.99. The summed E-state index contributed by atoms with van der Waals surface area (Å²) in [5.41, 5.74) is 1.84. The predicted molar refractivity (Wildman–Crippen MR) is 107 cm³/mol. The van der Waals surface area contributed by atoms with Crippen LogP contribution in [0.3, 0.4) is 0 Å². The molecule has 1 N–H and O–H groups in total. The number of amides is 3. The van der Waals surface area contributed by atoms with Gasteiger partial charge in [-0.25, -0.2) is 4.79 Å². The van der Waals surface area contributed by atoms with Gasteiger partial charge in [-0.05, 0) is 39.8 Å². The highest BCUT2D eigenvalue weighted by molar-refractivity contribution is 6.12. The second kappa shape index (κ2) is 6.76. The van der Waals surface area contributed by atoms with Gasteiger partial charge in [0.1, 0.15) is 5.75 Å². The molecule has 4 rings (SSSR count). The molecule has 7 nitrogen and oxygen atoms in total. The summed E-state index contributed by atoms with van der Waals surface area (Å²) in [5.74, 6) is -0.0591. The van der Waals surface area contributed by atoms with Crippen LogP contribution in [0.15, 0.2) is 30.3 Å². The van der Waals surface area contributed by atoms with Gasteiger partial charge >= 0.3 is 6.03 Å². The first-order valence-corrected chi connectivity index (χ1v) is 9.84. The van der Waals surface area contributed by atoms with Crippen LogP contribution < -0.4 is 10.1 Å². The molecule has 1 atom stereocenters. The van der Waals surface area contributed by atoms with Crippen LogP contribution in [-0.4, -0.2) is 40.3 Å². The highest BCUT2D eigenvalue weighted by atomic mass is 16.5. The van der Waals surface area contributed by atoms with E-state index in [-0.39, 0.29) is 18.4 Å². The topological polar surface area (TPSA) is 80.6 Å². The molecule has 1 fully saturated rings. The molecule has 0 aliphatic carbocycles. The number of imide groups is 1. The quantitative estimate of drug-likeness (QED) is 0.637. The summed E-state index contributed by atoms with van der Waals surface area (Å²) in [6.45, 7) is 7.99. The van der Waals surface area contributed by atoms with Gasteiger partial charge < -0.3 is 14.6 Å². The Balaban J connectivity index is 1.64. The van der Waals surface area contributed by atoms with E-state index in [1.807, 2.05) is 32.0 Å². The zero-order valence-electron chi connectivity index (χ0n) is 17.1. The van der Waals surface area contributed by atoms with E-state index in [4.69, 9.17) is 4.74 Å². The minimum absolute atomic E-state index is 0.218. The van der Waals surface area contributed by atoms with Crippen molar-refractivity contribution in [1.29, 1.82) is 0 Å². The minimum atomic E-state index is -1.17. The molecule has 0 radical (unpaired) electrons. The number of carbonyl (C=O) groups is 3. The molecule has 0 bridgehead atoms. The van der Waals surface area contributed by atoms with Gasteiger partial charge in [0.2, 0.25) is 0 Å². The summed E-state index contributed by atoms with van der Waals surface area (Å²) in [4.78, 5) is 40.1. The molecule has 1 saturated heterocycles. The van der Waals surface area contributed by atoms with Gasteiger partial charge in [0.25, 0.3) is 5.91 Å². The normalized spacial score (nSPS) is 20.8. The Morgan fingerprint density at radius 1 is 1.24 bits per heavy atom. The lowest BCUT2D eigenvalue weighted by Gasteiger charge is -2.33. The number of nitrogens with zero attached hydrogens (tertiary/aromatic N) is 2. The Bertz CT molecular complexity index is 1020. The lowest BCUT2D eigenvalue weighted by atomic mass is 9.84. The molecule has 1 aromatic carbocycles. The number of rotatable bonds is 4. The summed E-state index contributed by atoms with van der Waals surface area (Å²) in [6, 6.07) is 8.70. The van der Waals surface area contributed by atoms with E-state index < -0.39 is 17.5 Å². The van der Waals surface area contributed by atoms with E-state index in [9.17, 15) is 14.4 Å². The third-order valence-corrected chi connectivity index (χ3v) is 5.86. The molecular weight excluding hydrogens is 370 g/mol. The molecule has 3 heterocycles. The fraction of sp³-hybridized carbons (Fsp3) is 0.409. The Kier molecular flexibility index (Phi) is 4.48. The van der Waals surface area contributed by atoms with Crippen molar-refractivity contribution in [2.45, 2.75) is 45.7 Å². The van der Waals surface area contributed by atoms with Crippen LogP contribution in [-0.2, 0) is 10.3 Å². The van der Waals surface area contributed by atoms with Gasteiger partial charge in [-0.15, -0.1) is 0 Å². The zero-order valence-corrected chi connectivity index (χ0v) is 17.1. The van der Waals surface area contributed by atoms with Crippen molar-refractivity contribution in [3.8, 4) is 5.75 Å².